The SMILES string of the molecule is COCCc1ncc(CN2CCNCC2)s1. The number of thiazole rings is 1. The van der Waals surface area contributed by atoms with Crippen molar-refractivity contribution in [3.63, 3.8) is 0 Å². The number of aromatic nitrogens is 1. The highest BCUT2D eigenvalue weighted by molar-refractivity contribution is 7.11. The number of methoxy groups -OCH3 is 1. The zero-order chi connectivity index (χ0) is 11.2. The lowest BCUT2D eigenvalue weighted by atomic mass is 10.3. The molecule has 0 radical (unpaired) electrons. The number of piperazine rings is 1. The minimum Gasteiger partial charge on any atom is -0.384 e. The van der Waals surface area contributed by atoms with Crippen LogP contribution in [0.25, 0.3) is 0 Å². The van der Waals surface area contributed by atoms with Gasteiger partial charge in [0.1, 0.15) is 0 Å². The number of hydrogen-bond donors (Lipinski definition) is 1. The molecular weight excluding hydrogens is 222 g/mol. The highest BCUT2D eigenvalue weighted by atomic mass is 32.1. The van der Waals surface area contributed by atoms with Gasteiger partial charge in [-0.05, 0) is 0 Å². The molecule has 1 N–H and O–H groups in total. The summed E-state index contributed by atoms with van der Waals surface area (Å²) >= 11 is 1.81. The fraction of sp³-hybridized carbons (Fsp3) is 0.727. The lowest BCUT2D eigenvalue weighted by Gasteiger charge is -2.26. The van der Waals surface area contributed by atoms with Crippen LogP contribution in [0.15, 0.2) is 6.20 Å². The summed E-state index contributed by atoms with van der Waals surface area (Å²) in [5.74, 6) is 0. The maximum atomic E-state index is 5.05. The maximum absolute atomic E-state index is 5.05. The van der Waals surface area contributed by atoms with E-state index >= 15 is 0 Å². The molecule has 0 atom stereocenters. The molecule has 1 aliphatic rings. The van der Waals surface area contributed by atoms with Gasteiger partial charge in [0, 0.05) is 57.3 Å². The lowest BCUT2D eigenvalue weighted by molar-refractivity contribution is 0.202. The van der Waals surface area contributed by atoms with E-state index in [1.54, 1.807) is 7.11 Å². The van der Waals surface area contributed by atoms with Crippen LogP contribution < -0.4 is 5.32 Å². The van der Waals surface area contributed by atoms with Gasteiger partial charge < -0.3 is 10.1 Å². The first-order chi connectivity index (χ1) is 7.88. The molecular formula is C11H19N3OS. The topological polar surface area (TPSA) is 37.4 Å². The van der Waals surface area contributed by atoms with Crippen LogP contribution in [0.3, 0.4) is 0 Å². The zero-order valence-electron chi connectivity index (χ0n) is 9.74. The van der Waals surface area contributed by atoms with Gasteiger partial charge in [-0.25, -0.2) is 4.98 Å². The van der Waals surface area contributed by atoms with Crippen molar-refractivity contribution >= 4 is 11.3 Å². The number of nitrogens with one attached hydrogen (secondary N) is 1. The first kappa shape index (κ1) is 12.0. The van der Waals surface area contributed by atoms with E-state index in [1.807, 2.05) is 17.5 Å². The number of rotatable bonds is 5. The summed E-state index contributed by atoms with van der Waals surface area (Å²) in [6, 6.07) is 0. The molecule has 1 aromatic heterocycles. The predicted octanol–water partition coefficient (Wildman–Crippen LogP) is 0.737. The Bertz CT molecular complexity index is 310. The third-order valence-electron chi connectivity index (χ3n) is 2.71. The Kier molecular flexibility index (Phi) is 4.71. The van der Waals surface area contributed by atoms with Crippen LogP contribution in [0.2, 0.25) is 0 Å². The molecule has 0 spiro atoms. The van der Waals surface area contributed by atoms with E-state index in [0.717, 1.165) is 45.8 Å². The van der Waals surface area contributed by atoms with Crippen molar-refractivity contribution in [3.8, 4) is 0 Å². The smallest absolute Gasteiger partial charge is 0.0951 e. The number of nitrogens with zero attached hydrogens (tertiary/aromatic N) is 2. The van der Waals surface area contributed by atoms with Crippen molar-refractivity contribution in [2.45, 2.75) is 13.0 Å². The molecule has 1 fully saturated rings. The molecule has 16 heavy (non-hydrogen) atoms. The molecule has 4 nitrogen and oxygen atoms in total. The molecule has 0 saturated carbocycles. The lowest BCUT2D eigenvalue weighted by Crippen LogP contribution is -2.42. The van der Waals surface area contributed by atoms with Crippen molar-refractivity contribution in [1.82, 2.24) is 15.2 Å². The van der Waals surface area contributed by atoms with Crippen LogP contribution in [0.5, 0.6) is 0 Å². The first-order valence-electron chi connectivity index (χ1n) is 5.74. The van der Waals surface area contributed by atoms with E-state index in [0.29, 0.717) is 0 Å². The molecule has 0 aliphatic carbocycles. The number of ether oxygens (including phenoxy) is 1. The fourth-order valence-electron chi connectivity index (χ4n) is 1.82. The summed E-state index contributed by atoms with van der Waals surface area (Å²) in [5, 5.41) is 4.55. The normalized spacial score (nSPS) is 17.8. The highest BCUT2D eigenvalue weighted by Crippen LogP contribution is 2.16. The molecule has 1 aromatic rings. The Morgan fingerprint density at radius 3 is 3.06 bits per heavy atom. The maximum Gasteiger partial charge on any atom is 0.0951 e. The standard InChI is InChI=1S/C11H19N3OS/c1-15-7-2-11-13-8-10(16-11)9-14-5-3-12-4-6-14/h8,12H,2-7,9H2,1H3. The van der Waals surface area contributed by atoms with Gasteiger partial charge in [-0.2, -0.15) is 0 Å². The van der Waals surface area contributed by atoms with Crippen LogP contribution in [0.1, 0.15) is 9.88 Å². The van der Waals surface area contributed by atoms with Crippen molar-refractivity contribution in [3.05, 3.63) is 16.1 Å². The van der Waals surface area contributed by atoms with Crippen molar-refractivity contribution in [2.75, 3.05) is 39.9 Å². The minimum atomic E-state index is 0.764. The van der Waals surface area contributed by atoms with Gasteiger partial charge in [-0.3, -0.25) is 4.90 Å². The van der Waals surface area contributed by atoms with Crippen LogP contribution in [-0.4, -0.2) is 49.8 Å². The van der Waals surface area contributed by atoms with Crippen molar-refractivity contribution in [1.29, 1.82) is 0 Å². The van der Waals surface area contributed by atoms with E-state index in [1.165, 1.54) is 9.88 Å². The molecule has 2 heterocycles. The van der Waals surface area contributed by atoms with E-state index < -0.39 is 0 Å². The van der Waals surface area contributed by atoms with Gasteiger partial charge in [-0.15, -0.1) is 11.3 Å². The zero-order valence-corrected chi connectivity index (χ0v) is 10.6. The van der Waals surface area contributed by atoms with Crippen LogP contribution >= 0.6 is 11.3 Å². The fourth-order valence-corrected chi connectivity index (χ4v) is 2.76. The van der Waals surface area contributed by atoms with Crippen LogP contribution in [-0.2, 0) is 17.7 Å². The second-order valence-electron chi connectivity index (χ2n) is 3.99. The molecule has 1 aliphatic heterocycles. The molecule has 5 heteroatoms. The van der Waals surface area contributed by atoms with Crippen molar-refractivity contribution in [2.24, 2.45) is 0 Å². The molecule has 0 bridgehead atoms. The average Bonchev–Trinajstić information content (AvgIpc) is 2.75. The van der Waals surface area contributed by atoms with Gasteiger partial charge in [-0.1, -0.05) is 0 Å². The van der Waals surface area contributed by atoms with E-state index in [-0.39, 0.29) is 0 Å². The summed E-state index contributed by atoms with van der Waals surface area (Å²) in [7, 11) is 1.73. The van der Waals surface area contributed by atoms with Gasteiger partial charge in [0.25, 0.3) is 0 Å². The Morgan fingerprint density at radius 2 is 2.31 bits per heavy atom. The largest absolute Gasteiger partial charge is 0.384 e. The van der Waals surface area contributed by atoms with Gasteiger partial charge in [0.2, 0.25) is 0 Å². The minimum absolute atomic E-state index is 0.764. The Hall–Kier alpha value is -0.490. The quantitative estimate of drug-likeness (QED) is 0.825. The second kappa shape index (κ2) is 6.30. The van der Waals surface area contributed by atoms with Crippen molar-refractivity contribution < 1.29 is 4.74 Å². The molecule has 0 aromatic carbocycles. The van der Waals surface area contributed by atoms with Gasteiger partial charge >= 0.3 is 0 Å². The molecule has 0 unspecified atom stereocenters. The third-order valence-corrected chi connectivity index (χ3v) is 3.75. The van der Waals surface area contributed by atoms with E-state index in [2.05, 4.69) is 15.2 Å². The summed E-state index contributed by atoms with van der Waals surface area (Å²) < 4.78 is 5.05. The van der Waals surface area contributed by atoms with Gasteiger partial charge in [0.15, 0.2) is 0 Å². The molecule has 1 saturated heterocycles. The summed E-state index contributed by atoms with van der Waals surface area (Å²) in [5.41, 5.74) is 0. The highest BCUT2D eigenvalue weighted by Gasteiger charge is 2.11. The molecule has 2 rings (SSSR count). The number of hydrogen-bond acceptors (Lipinski definition) is 5. The third kappa shape index (κ3) is 3.52. The molecule has 0 amide bonds. The van der Waals surface area contributed by atoms with E-state index in [9.17, 15) is 0 Å². The Balaban J connectivity index is 1.81. The first-order valence-corrected chi connectivity index (χ1v) is 6.56. The summed E-state index contributed by atoms with van der Waals surface area (Å²) in [6.45, 7) is 6.31. The Morgan fingerprint density at radius 1 is 1.50 bits per heavy atom. The van der Waals surface area contributed by atoms with Crippen LogP contribution in [0.4, 0.5) is 0 Å². The summed E-state index contributed by atoms with van der Waals surface area (Å²) in [6.07, 6.45) is 2.94. The molecule has 90 valence electrons. The summed E-state index contributed by atoms with van der Waals surface area (Å²) in [4.78, 5) is 8.26. The van der Waals surface area contributed by atoms with Crippen LogP contribution in [0, 0.1) is 0 Å². The monoisotopic (exact) mass is 241 g/mol. The van der Waals surface area contributed by atoms with E-state index in [4.69, 9.17) is 4.74 Å². The second-order valence-corrected chi connectivity index (χ2v) is 5.19. The van der Waals surface area contributed by atoms with Gasteiger partial charge in [0.05, 0.1) is 11.6 Å². The average molecular weight is 241 g/mol. The Labute approximate surface area is 101 Å². The predicted molar refractivity (Wildman–Crippen MR) is 65.8 cm³/mol.